The first-order valence-electron chi connectivity index (χ1n) is 8.06. The molecule has 136 valence electrons. The summed E-state index contributed by atoms with van der Waals surface area (Å²) in [6.45, 7) is 3.55. The molecule has 2 aromatic rings. The van der Waals surface area contributed by atoms with Crippen molar-refractivity contribution in [2.24, 2.45) is 4.40 Å². The van der Waals surface area contributed by atoms with Gasteiger partial charge in [-0.15, -0.1) is 4.40 Å². The van der Waals surface area contributed by atoms with Gasteiger partial charge in [0.05, 0.1) is 11.1 Å². The summed E-state index contributed by atoms with van der Waals surface area (Å²) in [6.07, 6.45) is 0. The summed E-state index contributed by atoms with van der Waals surface area (Å²) < 4.78 is 24.8. The van der Waals surface area contributed by atoms with Crippen molar-refractivity contribution in [3.63, 3.8) is 0 Å². The van der Waals surface area contributed by atoms with Gasteiger partial charge in [-0.1, -0.05) is 47.2 Å². The topological polar surface area (TPSA) is 102 Å². The minimum absolute atomic E-state index is 0. The zero-order chi connectivity index (χ0) is 18.7. The third kappa shape index (κ3) is 3.04. The summed E-state index contributed by atoms with van der Waals surface area (Å²) >= 11 is 0. The molecule has 0 radical (unpaired) electrons. The Morgan fingerprint density at radius 2 is 1.70 bits per heavy atom. The molecule has 4 rings (SSSR count). The summed E-state index contributed by atoms with van der Waals surface area (Å²) in [4.78, 5) is 13.4. The van der Waals surface area contributed by atoms with Crippen LogP contribution in [0.5, 0.6) is 0 Å². The van der Waals surface area contributed by atoms with Crippen LogP contribution in [0.15, 0.2) is 63.4 Å². The number of amidine groups is 1. The Labute approximate surface area is 182 Å². The number of para-hydroxylation sites is 1. The standard InChI is InChI=1S/C19H18N2O4S.Na.H/c1-19(2)12-8-4-3-7-11(12)16(22)15(17(19)23)18-20-13-9-5-6-10-14(13)26(24,25)21-18;;/h3-10,22,24-25H,1-2H3,(H,20,21);;/q;+1;-1. The second kappa shape index (κ2) is 6.77. The molecule has 0 bridgehead atoms. The van der Waals surface area contributed by atoms with Gasteiger partial charge < -0.3 is 11.8 Å². The van der Waals surface area contributed by atoms with E-state index in [1.54, 1.807) is 56.3 Å². The monoisotopic (exact) mass is 394 g/mol. The quantitative estimate of drug-likeness (QED) is 0.549. The SMILES string of the molecule is CC1(C)C(=O)C(C2=NS(O)(O)c3ccccc3N2)=C(O)c2ccccc21.[H-].[Na+]. The number of rotatable bonds is 1. The summed E-state index contributed by atoms with van der Waals surface area (Å²) in [5, 5.41) is 13.7. The molecule has 0 saturated carbocycles. The maximum absolute atomic E-state index is 13.1. The van der Waals surface area contributed by atoms with Crippen molar-refractivity contribution < 1.29 is 50.0 Å². The second-order valence-electron chi connectivity index (χ2n) is 6.80. The fraction of sp³-hybridized carbons (Fsp3) is 0.158. The normalized spacial score (nSPS) is 20.4. The molecular weight excluding hydrogens is 375 g/mol. The number of Topliss-reactive ketones (excluding diaryl/α,β-unsaturated/α-hetero) is 1. The first-order valence-corrected chi connectivity index (χ1v) is 9.56. The van der Waals surface area contributed by atoms with Crippen LogP contribution < -0.4 is 34.9 Å². The zero-order valence-electron chi connectivity index (χ0n) is 16.2. The molecule has 2 aromatic carbocycles. The van der Waals surface area contributed by atoms with E-state index in [1.807, 2.05) is 6.07 Å². The first kappa shape index (κ1) is 20.1. The first-order chi connectivity index (χ1) is 12.2. The van der Waals surface area contributed by atoms with Gasteiger partial charge in [-0.2, -0.15) is 0 Å². The fourth-order valence-electron chi connectivity index (χ4n) is 3.38. The molecular formula is C19H19N2NaO4S. The Morgan fingerprint density at radius 1 is 1.07 bits per heavy atom. The molecule has 2 aliphatic rings. The largest absolute Gasteiger partial charge is 1.00 e. The molecule has 0 saturated heterocycles. The minimum Gasteiger partial charge on any atom is -1.00 e. The number of aliphatic hydroxyl groups is 1. The van der Waals surface area contributed by atoms with Crippen LogP contribution >= 0.6 is 10.8 Å². The Balaban J connectivity index is 0.00000140. The number of nitrogens with zero attached hydrogens (tertiary/aromatic N) is 1. The number of nitrogens with one attached hydrogen (secondary N) is 1. The predicted molar refractivity (Wildman–Crippen MR) is 104 cm³/mol. The van der Waals surface area contributed by atoms with Gasteiger partial charge in [0.2, 0.25) is 0 Å². The second-order valence-corrected chi connectivity index (χ2v) is 8.46. The number of hydrogen-bond acceptors (Lipinski definition) is 6. The predicted octanol–water partition coefficient (Wildman–Crippen LogP) is 1.48. The number of carbonyl (C=O) groups is 1. The summed E-state index contributed by atoms with van der Waals surface area (Å²) in [5.74, 6) is -0.589. The average Bonchev–Trinajstić information content (AvgIpc) is 2.60. The van der Waals surface area contributed by atoms with Crippen LogP contribution in [0.1, 0.15) is 26.4 Å². The molecule has 0 fully saturated rings. The van der Waals surface area contributed by atoms with E-state index >= 15 is 0 Å². The van der Waals surface area contributed by atoms with Gasteiger partial charge in [0.25, 0.3) is 0 Å². The molecule has 0 amide bonds. The smallest absolute Gasteiger partial charge is 1.00 e. The van der Waals surface area contributed by atoms with E-state index in [1.165, 1.54) is 0 Å². The van der Waals surface area contributed by atoms with E-state index in [0.29, 0.717) is 11.3 Å². The van der Waals surface area contributed by atoms with Crippen molar-refractivity contribution in [1.82, 2.24) is 0 Å². The Kier molecular flexibility index (Phi) is 5.05. The Hall–Kier alpha value is -1.61. The van der Waals surface area contributed by atoms with Crippen LogP contribution in [0.4, 0.5) is 5.69 Å². The van der Waals surface area contributed by atoms with Crippen molar-refractivity contribution in [1.29, 1.82) is 0 Å². The van der Waals surface area contributed by atoms with Gasteiger partial charge in [0, 0.05) is 5.56 Å². The molecule has 1 aliphatic carbocycles. The molecule has 27 heavy (non-hydrogen) atoms. The molecule has 6 nitrogen and oxygen atoms in total. The molecule has 0 atom stereocenters. The van der Waals surface area contributed by atoms with Crippen molar-refractivity contribution in [2.75, 3.05) is 5.32 Å². The van der Waals surface area contributed by atoms with E-state index in [9.17, 15) is 19.0 Å². The fourth-order valence-corrected chi connectivity index (χ4v) is 4.54. The minimum atomic E-state index is -3.47. The van der Waals surface area contributed by atoms with Crippen LogP contribution in [0.25, 0.3) is 5.76 Å². The Bertz CT molecular complexity index is 1020. The molecule has 1 aliphatic heterocycles. The zero-order valence-corrected chi connectivity index (χ0v) is 18.0. The van der Waals surface area contributed by atoms with Gasteiger partial charge in [-0.05, 0) is 31.5 Å². The van der Waals surface area contributed by atoms with Crippen molar-refractivity contribution in [3.8, 4) is 0 Å². The summed E-state index contributed by atoms with van der Waals surface area (Å²) in [7, 11) is -3.47. The van der Waals surface area contributed by atoms with Gasteiger partial charge in [0.15, 0.2) is 11.6 Å². The number of carbonyl (C=O) groups excluding carboxylic acids is 1. The number of anilines is 1. The van der Waals surface area contributed by atoms with E-state index in [0.717, 1.165) is 5.56 Å². The summed E-state index contributed by atoms with van der Waals surface area (Å²) in [5.41, 5.74) is 0.773. The van der Waals surface area contributed by atoms with Crippen LogP contribution in [0, 0.1) is 0 Å². The van der Waals surface area contributed by atoms with Gasteiger partial charge in [-0.3, -0.25) is 13.9 Å². The maximum atomic E-state index is 13.1. The molecule has 0 aromatic heterocycles. The average molecular weight is 394 g/mol. The van der Waals surface area contributed by atoms with E-state index in [2.05, 4.69) is 9.71 Å². The van der Waals surface area contributed by atoms with E-state index < -0.39 is 16.2 Å². The van der Waals surface area contributed by atoms with Gasteiger partial charge in [0.1, 0.15) is 16.2 Å². The van der Waals surface area contributed by atoms with Crippen LogP contribution in [0.3, 0.4) is 0 Å². The molecule has 0 unspecified atom stereocenters. The number of hydrogen-bond donors (Lipinski definition) is 4. The molecule has 8 heteroatoms. The molecule has 4 N–H and O–H groups in total. The van der Waals surface area contributed by atoms with Crippen molar-refractivity contribution >= 4 is 33.8 Å². The van der Waals surface area contributed by atoms with E-state index in [-0.39, 0.29) is 58.8 Å². The van der Waals surface area contributed by atoms with Gasteiger partial charge in [-0.25, -0.2) is 0 Å². The van der Waals surface area contributed by atoms with Crippen molar-refractivity contribution in [2.45, 2.75) is 24.2 Å². The molecule has 1 heterocycles. The number of fused-ring (bicyclic) bond motifs is 2. The van der Waals surface area contributed by atoms with Crippen LogP contribution in [0.2, 0.25) is 0 Å². The van der Waals surface area contributed by atoms with Crippen molar-refractivity contribution in [3.05, 3.63) is 65.2 Å². The van der Waals surface area contributed by atoms with Crippen LogP contribution in [-0.4, -0.2) is 25.8 Å². The Morgan fingerprint density at radius 3 is 2.44 bits per heavy atom. The third-order valence-electron chi connectivity index (χ3n) is 4.78. The molecule has 0 spiro atoms. The van der Waals surface area contributed by atoms with Crippen LogP contribution in [-0.2, 0) is 10.2 Å². The third-order valence-corrected chi connectivity index (χ3v) is 6.16. The summed E-state index contributed by atoms with van der Waals surface area (Å²) in [6, 6.07) is 13.8. The number of aliphatic hydroxyl groups excluding tert-OH is 1. The van der Waals surface area contributed by atoms with Gasteiger partial charge >= 0.3 is 29.6 Å². The van der Waals surface area contributed by atoms with E-state index in [4.69, 9.17) is 0 Å². The number of benzene rings is 2. The number of ketones is 1. The maximum Gasteiger partial charge on any atom is 1.00 e.